The van der Waals surface area contributed by atoms with Gasteiger partial charge in [0.2, 0.25) is 0 Å². The normalized spacial score (nSPS) is 10.6. The molecule has 1 heterocycles. The number of aryl methyl sites for hydroxylation is 2. The first kappa shape index (κ1) is 13.6. The minimum atomic E-state index is 0.877. The lowest BCUT2D eigenvalue weighted by Gasteiger charge is -2.06. The lowest BCUT2D eigenvalue weighted by Crippen LogP contribution is -2.15. The maximum absolute atomic E-state index is 5.21. The molecule has 0 amide bonds. The van der Waals surface area contributed by atoms with Gasteiger partial charge in [0.25, 0.3) is 0 Å². The number of aromatic nitrogens is 2. The summed E-state index contributed by atoms with van der Waals surface area (Å²) in [5.41, 5.74) is 3.73. The second-order valence-electron chi connectivity index (χ2n) is 4.65. The maximum Gasteiger partial charge on any atom is 0.119 e. The number of methoxy groups -OCH3 is 1. The third kappa shape index (κ3) is 4.10. The fourth-order valence-corrected chi connectivity index (χ4v) is 2.05. The van der Waals surface area contributed by atoms with Crippen molar-refractivity contribution < 1.29 is 4.74 Å². The highest BCUT2D eigenvalue weighted by atomic mass is 16.5. The largest absolute Gasteiger partial charge is 0.497 e. The Morgan fingerprint density at radius 3 is 3.00 bits per heavy atom. The van der Waals surface area contributed by atoms with Crippen LogP contribution in [0.4, 0.5) is 0 Å². The molecule has 0 aliphatic rings. The molecular weight excluding hydrogens is 238 g/mol. The average Bonchev–Trinajstić information content (AvgIpc) is 2.84. The third-order valence-corrected chi connectivity index (χ3v) is 3.20. The fraction of sp³-hybridized carbons (Fsp3) is 0.400. The molecule has 2 rings (SSSR count). The molecule has 0 bridgehead atoms. The molecule has 0 aliphatic heterocycles. The molecule has 0 saturated carbocycles. The lowest BCUT2D eigenvalue weighted by atomic mass is 10.1. The molecule has 2 N–H and O–H groups in total. The Bertz CT molecular complexity index is 508. The van der Waals surface area contributed by atoms with Crippen LogP contribution in [0.3, 0.4) is 0 Å². The van der Waals surface area contributed by atoms with E-state index in [-0.39, 0.29) is 0 Å². The summed E-state index contributed by atoms with van der Waals surface area (Å²) in [7, 11) is 1.69. The number of hydrogen-bond donors (Lipinski definition) is 2. The van der Waals surface area contributed by atoms with Crippen LogP contribution in [0.5, 0.6) is 5.75 Å². The zero-order chi connectivity index (χ0) is 13.5. The van der Waals surface area contributed by atoms with Crippen LogP contribution in [0.25, 0.3) is 0 Å². The highest BCUT2D eigenvalue weighted by Crippen LogP contribution is 2.12. The van der Waals surface area contributed by atoms with E-state index in [1.54, 1.807) is 7.11 Å². The first-order chi connectivity index (χ1) is 9.29. The third-order valence-electron chi connectivity index (χ3n) is 3.20. The summed E-state index contributed by atoms with van der Waals surface area (Å²) in [5.74, 6) is 0.910. The van der Waals surface area contributed by atoms with Crippen LogP contribution in [0, 0.1) is 6.92 Å². The molecule has 0 radical (unpaired) electrons. The Morgan fingerprint density at radius 2 is 2.26 bits per heavy atom. The number of aromatic amines is 1. The van der Waals surface area contributed by atoms with Crippen molar-refractivity contribution in [2.24, 2.45) is 0 Å². The van der Waals surface area contributed by atoms with Gasteiger partial charge in [0.1, 0.15) is 5.75 Å². The highest BCUT2D eigenvalue weighted by molar-refractivity contribution is 5.28. The summed E-state index contributed by atoms with van der Waals surface area (Å²) in [6, 6.07) is 8.15. The summed E-state index contributed by atoms with van der Waals surface area (Å²) in [6.45, 7) is 3.94. The summed E-state index contributed by atoms with van der Waals surface area (Å²) in [4.78, 5) is 0. The van der Waals surface area contributed by atoms with Crippen LogP contribution in [-0.2, 0) is 13.0 Å². The fourth-order valence-electron chi connectivity index (χ4n) is 2.05. The van der Waals surface area contributed by atoms with Crippen LogP contribution in [0.2, 0.25) is 0 Å². The molecule has 0 atom stereocenters. The van der Waals surface area contributed by atoms with E-state index in [1.807, 2.05) is 18.3 Å². The van der Waals surface area contributed by atoms with E-state index >= 15 is 0 Å². The van der Waals surface area contributed by atoms with Gasteiger partial charge in [0, 0.05) is 12.2 Å². The minimum absolute atomic E-state index is 0.877. The molecule has 1 aromatic heterocycles. The summed E-state index contributed by atoms with van der Waals surface area (Å²) < 4.78 is 5.21. The van der Waals surface area contributed by atoms with Gasteiger partial charge in [0.15, 0.2) is 0 Å². The summed E-state index contributed by atoms with van der Waals surface area (Å²) in [5, 5.41) is 10.4. The van der Waals surface area contributed by atoms with Gasteiger partial charge < -0.3 is 10.1 Å². The molecule has 4 heteroatoms. The predicted molar refractivity (Wildman–Crippen MR) is 76.3 cm³/mol. The summed E-state index contributed by atoms with van der Waals surface area (Å²) >= 11 is 0. The first-order valence-corrected chi connectivity index (χ1v) is 6.62. The molecular formula is C15H21N3O. The van der Waals surface area contributed by atoms with Gasteiger partial charge in [-0.25, -0.2) is 0 Å². The second kappa shape index (κ2) is 6.95. The van der Waals surface area contributed by atoms with E-state index in [4.69, 9.17) is 4.74 Å². The van der Waals surface area contributed by atoms with Gasteiger partial charge in [-0.1, -0.05) is 12.1 Å². The lowest BCUT2D eigenvalue weighted by molar-refractivity contribution is 0.414. The Morgan fingerprint density at radius 1 is 1.37 bits per heavy atom. The van der Waals surface area contributed by atoms with Gasteiger partial charge >= 0.3 is 0 Å². The minimum Gasteiger partial charge on any atom is -0.497 e. The number of benzene rings is 1. The Kier molecular flexibility index (Phi) is 4.98. The van der Waals surface area contributed by atoms with Gasteiger partial charge in [-0.05, 0) is 49.6 Å². The van der Waals surface area contributed by atoms with Crippen LogP contribution >= 0.6 is 0 Å². The molecule has 0 aliphatic carbocycles. The molecule has 0 fully saturated rings. The van der Waals surface area contributed by atoms with Crippen molar-refractivity contribution in [3.05, 3.63) is 47.3 Å². The molecule has 0 saturated heterocycles. The van der Waals surface area contributed by atoms with Crippen LogP contribution in [-0.4, -0.2) is 23.9 Å². The van der Waals surface area contributed by atoms with Crippen LogP contribution in [0.15, 0.2) is 30.5 Å². The van der Waals surface area contributed by atoms with E-state index in [0.29, 0.717) is 0 Å². The number of rotatable bonds is 7. The smallest absolute Gasteiger partial charge is 0.119 e. The number of H-pyrrole nitrogens is 1. The Hall–Kier alpha value is -1.81. The monoisotopic (exact) mass is 259 g/mol. The maximum atomic E-state index is 5.21. The van der Waals surface area contributed by atoms with E-state index in [9.17, 15) is 0 Å². The quantitative estimate of drug-likeness (QED) is 0.751. The average molecular weight is 259 g/mol. The SMILES string of the molecule is COc1cccc(CNCCCc2cn[nH]c2C)c1. The molecule has 1 aromatic carbocycles. The van der Waals surface area contributed by atoms with Gasteiger partial charge in [-0.2, -0.15) is 5.10 Å². The standard InChI is InChI=1S/C15H21N3O/c1-12-14(11-17-18-12)6-4-8-16-10-13-5-3-7-15(9-13)19-2/h3,5,7,9,11,16H,4,6,8,10H2,1-2H3,(H,17,18). The summed E-state index contributed by atoms with van der Waals surface area (Å²) in [6.07, 6.45) is 4.09. The number of hydrogen-bond acceptors (Lipinski definition) is 3. The molecule has 4 nitrogen and oxygen atoms in total. The predicted octanol–water partition coefficient (Wildman–Crippen LogP) is 2.45. The Balaban J connectivity index is 1.68. The van der Waals surface area contributed by atoms with Crippen LogP contribution in [0.1, 0.15) is 23.2 Å². The first-order valence-electron chi connectivity index (χ1n) is 6.62. The van der Waals surface area contributed by atoms with Gasteiger partial charge in [-0.3, -0.25) is 5.10 Å². The second-order valence-corrected chi connectivity index (χ2v) is 4.65. The van der Waals surface area contributed by atoms with Crippen LogP contribution < -0.4 is 10.1 Å². The molecule has 102 valence electrons. The number of nitrogens with one attached hydrogen (secondary N) is 2. The van der Waals surface area contributed by atoms with E-state index in [2.05, 4.69) is 34.6 Å². The number of nitrogens with zero attached hydrogens (tertiary/aromatic N) is 1. The van der Waals surface area contributed by atoms with Crippen molar-refractivity contribution in [3.63, 3.8) is 0 Å². The van der Waals surface area contributed by atoms with Crippen molar-refractivity contribution in [2.75, 3.05) is 13.7 Å². The topological polar surface area (TPSA) is 49.9 Å². The van der Waals surface area contributed by atoms with Crippen molar-refractivity contribution in [3.8, 4) is 5.75 Å². The zero-order valence-corrected chi connectivity index (χ0v) is 11.6. The van der Waals surface area contributed by atoms with Crippen molar-refractivity contribution in [1.29, 1.82) is 0 Å². The Labute approximate surface area is 114 Å². The van der Waals surface area contributed by atoms with Crippen molar-refractivity contribution in [2.45, 2.75) is 26.3 Å². The molecule has 0 spiro atoms. The van der Waals surface area contributed by atoms with Gasteiger partial charge in [0.05, 0.1) is 13.3 Å². The van der Waals surface area contributed by atoms with E-state index in [0.717, 1.165) is 31.7 Å². The van der Waals surface area contributed by atoms with E-state index in [1.165, 1.54) is 16.8 Å². The molecule has 0 unspecified atom stereocenters. The van der Waals surface area contributed by atoms with Crippen molar-refractivity contribution in [1.82, 2.24) is 15.5 Å². The van der Waals surface area contributed by atoms with E-state index < -0.39 is 0 Å². The highest BCUT2D eigenvalue weighted by Gasteiger charge is 2.00. The molecule has 19 heavy (non-hydrogen) atoms. The van der Waals surface area contributed by atoms with Gasteiger partial charge in [-0.15, -0.1) is 0 Å². The zero-order valence-electron chi connectivity index (χ0n) is 11.6. The molecule has 2 aromatic rings. The van der Waals surface area contributed by atoms with Crippen molar-refractivity contribution >= 4 is 0 Å². The number of ether oxygens (including phenoxy) is 1.